The molecule has 4 heteroatoms. The minimum atomic E-state index is -0.695. The molecular formula is C24H46O4. The van der Waals surface area contributed by atoms with Gasteiger partial charge >= 0.3 is 11.9 Å². The van der Waals surface area contributed by atoms with Crippen LogP contribution in [-0.2, 0) is 14.3 Å². The molecule has 0 fully saturated rings. The molecule has 0 saturated heterocycles. The highest BCUT2D eigenvalue weighted by Gasteiger charge is 2.03. The first-order valence-electron chi connectivity index (χ1n) is 11.9. The van der Waals surface area contributed by atoms with Gasteiger partial charge in [0.1, 0.15) is 0 Å². The van der Waals surface area contributed by atoms with Gasteiger partial charge in [0, 0.05) is 12.8 Å². The summed E-state index contributed by atoms with van der Waals surface area (Å²) < 4.78 is 5.32. The third-order valence-corrected chi connectivity index (χ3v) is 5.21. The van der Waals surface area contributed by atoms with Crippen molar-refractivity contribution < 1.29 is 19.4 Å². The van der Waals surface area contributed by atoms with Gasteiger partial charge in [-0.25, -0.2) is 0 Å². The summed E-state index contributed by atoms with van der Waals surface area (Å²) in [6, 6.07) is 0. The van der Waals surface area contributed by atoms with Crippen LogP contribution in [0, 0.1) is 5.92 Å². The van der Waals surface area contributed by atoms with Gasteiger partial charge in [-0.3, -0.25) is 9.59 Å². The van der Waals surface area contributed by atoms with Crippen molar-refractivity contribution in [3.63, 3.8) is 0 Å². The Bertz CT molecular complexity index is 366. The second-order valence-corrected chi connectivity index (χ2v) is 8.60. The van der Waals surface area contributed by atoms with Crippen molar-refractivity contribution in [1.29, 1.82) is 0 Å². The Morgan fingerprint density at radius 3 is 1.57 bits per heavy atom. The molecular weight excluding hydrogens is 352 g/mol. The van der Waals surface area contributed by atoms with E-state index in [0.29, 0.717) is 19.4 Å². The van der Waals surface area contributed by atoms with Crippen LogP contribution in [0.5, 0.6) is 0 Å². The van der Waals surface area contributed by atoms with Crippen LogP contribution in [0.4, 0.5) is 0 Å². The van der Waals surface area contributed by atoms with Crippen molar-refractivity contribution >= 4 is 11.9 Å². The number of aliphatic carboxylic acids is 1. The Kier molecular flexibility index (Phi) is 19.9. The highest BCUT2D eigenvalue weighted by molar-refractivity contribution is 5.69. The first kappa shape index (κ1) is 26.9. The van der Waals surface area contributed by atoms with Crippen LogP contribution in [0.2, 0.25) is 0 Å². The fraction of sp³-hybridized carbons (Fsp3) is 0.917. The number of carbonyl (C=O) groups excluding carboxylic acids is 1. The molecule has 0 rings (SSSR count). The predicted octanol–water partition coefficient (Wildman–Crippen LogP) is 7.29. The minimum Gasteiger partial charge on any atom is -0.481 e. The van der Waals surface area contributed by atoms with Gasteiger partial charge in [0.25, 0.3) is 0 Å². The molecule has 0 aromatic heterocycles. The first-order chi connectivity index (χ1) is 13.5. The van der Waals surface area contributed by atoms with E-state index in [-0.39, 0.29) is 5.97 Å². The van der Waals surface area contributed by atoms with Gasteiger partial charge in [0.15, 0.2) is 0 Å². The van der Waals surface area contributed by atoms with Crippen LogP contribution in [0.15, 0.2) is 0 Å². The summed E-state index contributed by atoms with van der Waals surface area (Å²) >= 11 is 0. The second kappa shape index (κ2) is 20.7. The van der Waals surface area contributed by atoms with Crippen molar-refractivity contribution in [2.45, 2.75) is 129 Å². The monoisotopic (exact) mass is 398 g/mol. The number of unbranched alkanes of at least 4 members (excludes halogenated alkanes) is 13. The molecule has 166 valence electrons. The van der Waals surface area contributed by atoms with E-state index < -0.39 is 5.97 Å². The SMILES string of the molecule is CC(C)CCCCCCCCCOC(=O)CCCCCCCCCCC(=O)O. The van der Waals surface area contributed by atoms with Gasteiger partial charge in [0.05, 0.1) is 6.61 Å². The number of hydrogen-bond donors (Lipinski definition) is 1. The summed E-state index contributed by atoms with van der Waals surface area (Å²) in [5.74, 6) is 0.0957. The number of rotatable bonds is 21. The quantitative estimate of drug-likeness (QED) is 0.163. The summed E-state index contributed by atoms with van der Waals surface area (Å²) in [5.41, 5.74) is 0. The van der Waals surface area contributed by atoms with E-state index in [1.807, 2.05) is 0 Å². The number of carboxylic acids is 1. The van der Waals surface area contributed by atoms with Crippen LogP contribution in [0.1, 0.15) is 129 Å². The molecule has 4 nitrogen and oxygen atoms in total. The fourth-order valence-electron chi connectivity index (χ4n) is 3.40. The number of carboxylic acid groups (broad SMARTS) is 1. The number of ether oxygens (including phenoxy) is 1. The van der Waals surface area contributed by atoms with E-state index in [1.165, 1.54) is 57.8 Å². The number of hydrogen-bond acceptors (Lipinski definition) is 3. The maximum atomic E-state index is 11.7. The Hall–Kier alpha value is -1.06. The van der Waals surface area contributed by atoms with Gasteiger partial charge in [-0.05, 0) is 25.2 Å². The summed E-state index contributed by atoms with van der Waals surface area (Å²) in [4.78, 5) is 22.1. The topological polar surface area (TPSA) is 63.6 Å². The maximum Gasteiger partial charge on any atom is 0.305 e. The maximum absolute atomic E-state index is 11.7. The van der Waals surface area contributed by atoms with Crippen LogP contribution >= 0.6 is 0 Å². The molecule has 0 aromatic rings. The highest BCUT2D eigenvalue weighted by atomic mass is 16.5. The largest absolute Gasteiger partial charge is 0.481 e. The highest BCUT2D eigenvalue weighted by Crippen LogP contribution is 2.13. The van der Waals surface area contributed by atoms with Crippen molar-refractivity contribution in [1.82, 2.24) is 0 Å². The molecule has 0 atom stereocenters. The molecule has 28 heavy (non-hydrogen) atoms. The number of esters is 1. The first-order valence-corrected chi connectivity index (χ1v) is 11.9. The average molecular weight is 399 g/mol. The van der Waals surface area contributed by atoms with Crippen LogP contribution in [0.3, 0.4) is 0 Å². The predicted molar refractivity (Wildman–Crippen MR) is 117 cm³/mol. The fourth-order valence-corrected chi connectivity index (χ4v) is 3.40. The van der Waals surface area contributed by atoms with E-state index in [1.54, 1.807) is 0 Å². The lowest BCUT2D eigenvalue weighted by molar-refractivity contribution is -0.144. The molecule has 0 spiro atoms. The molecule has 0 radical (unpaired) electrons. The molecule has 0 unspecified atom stereocenters. The normalized spacial score (nSPS) is 11.1. The van der Waals surface area contributed by atoms with Crippen molar-refractivity contribution in [2.75, 3.05) is 6.61 Å². The standard InChI is InChI=1S/C24H46O4/c1-22(2)18-14-10-6-5-9-13-17-21-28-24(27)20-16-12-8-4-3-7-11-15-19-23(25)26/h22H,3-21H2,1-2H3,(H,25,26). The molecule has 0 heterocycles. The molecule has 0 aliphatic carbocycles. The Balaban J connectivity index is 3.18. The van der Waals surface area contributed by atoms with Crippen molar-refractivity contribution in [2.24, 2.45) is 5.92 Å². The van der Waals surface area contributed by atoms with E-state index in [4.69, 9.17) is 9.84 Å². The molecule has 0 aromatic carbocycles. The molecule has 0 saturated carbocycles. The summed E-state index contributed by atoms with van der Waals surface area (Å²) in [5, 5.41) is 8.56. The van der Waals surface area contributed by atoms with E-state index in [2.05, 4.69) is 13.8 Å². The zero-order valence-corrected chi connectivity index (χ0v) is 18.7. The van der Waals surface area contributed by atoms with E-state index >= 15 is 0 Å². The summed E-state index contributed by atoms with van der Waals surface area (Å²) in [6.07, 6.45) is 19.4. The lowest BCUT2D eigenvalue weighted by Gasteiger charge is -2.06. The smallest absolute Gasteiger partial charge is 0.305 e. The summed E-state index contributed by atoms with van der Waals surface area (Å²) in [6.45, 7) is 5.16. The van der Waals surface area contributed by atoms with Crippen LogP contribution in [0.25, 0.3) is 0 Å². The summed E-state index contributed by atoms with van der Waals surface area (Å²) in [7, 11) is 0. The Morgan fingerprint density at radius 2 is 1.07 bits per heavy atom. The Morgan fingerprint density at radius 1 is 0.643 bits per heavy atom. The third-order valence-electron chi connectivity index (χ3n) is 5.21. The van der Waals surface area contributed by atoms with Crippen molar-refractivity contribution in [3.8, 4) is 0 Å². The molecule has 1 N–H and O–H groups in total. The van der Waals surface area contributed by atoms with Gasteiger partial charge in [-0.15, -0.1) is 0 Å². The number of carbonyl (C=O) groups is 2. The van der Waals surface area contributed by atoms with Crippen LogP contribution in [-0.4, -0.2) is 23.7 Å². The lowest BCUT2D eigenvalue weighted by atomic mass is 10.0. The second-order valence-electron chi connectivity index (χ2n) is 8.60. The van der Waals surface area contributed by atoms with Gasteiger partial charge in [-0.2, -0.15) is 0 Å². The van der Waals surface area contributed by atoms with Gasteiger partial charge in [0.2, 0.25) is 0 Å². The van der Waals surface area contributed by atoms with Crippen LogP contribution < -0.4 is 0 Å². The van der Waals surface area contributed by atoms with Gasteiger partial charge < -0.3 is 9.84 Å². The zero-order valence-electron chi connectivity index (χ0n) is 18.7. The average Bonchev–Trinajstić information content (AvgIpc) is 2.64. The lowest BCUT2D eigenvalue weighted by Crippen LogP contribution is -2.05. The third kappa shape index (κ3) is 23.0. The molecule has 0 aliphatic heterocycles. The van der Waals surface area contributed by atoms with E-state index in [9.17, 15) is 9.59 Å². The molecule has 0 bridgehead atoms. The zero-order chi connectivity index (χ0) is 20.9. The van der Waals surface area contributed by atoms with Crippen molar-refractivity contribution in [3.05, 3.63) is 0 Å². The molecule has 0 amide bonds. The van der Waals surface area contributed by atoms with E-state index in [0.717, 1.165) is 50.9 Å². The molecule has 0 aliphatic rings. The minimum absolute atomic E-state index is 0.0395. The van der Waals surface area contributed by atoms with Gasteiger partial charge in [-0.1, -0.05) is 97.3 Å². The Labute approximate surface area is 173 Å².